The number of carbonyl (C=O) groups excluding carboxylic acids is 1. The highest BCUT2D eigenvalue weighted by atomic mass is 79.9. The van der Waals surface area contributed by atoms with Gasteiger partial charge in [-0.15, -0.1) is 23.7 Å². The van der Waals surface area contributed by atoms with E-state index in [9.17, 15) is 4.79 Å². The summed E-state index contributed by atoms with van der Waals surface area (Å²) in [6.07, 6.45) is 1.35. The van der Waals surface area contributed by atoms with Crippen molar-refractivity contribution in [3.8, 4) is 0 Å². The molecule has 0 radical (unpaired) electrons. The Morgan fingerprint density at radius 2 is 2.39 bits per heavy atom. The standard InChI is InChI=1S/C11H15BrN2O2S.ClH/c12-8-3-4-17-10(8)6-14-11(15)9-2-1-7(5-13)16-9;/h3-4,7,9H,1-2,5-6,13H2,(H,14,15);1H/t7-,9+;/m1./s1. The van der Waals surface area contributed by atoms with Crippen LogP contribution in [0.25, 0.3) is 0 Å². The van der Waals surface area contributed by atoms with Crippen LogP contribution in [0.3, 0.4) is 0 Å². The Kier molecular flexibility index (Phi) is 6.59. The molecule has 1 aromatic heterocycles. The van der Waals surface area contributed by atoms with Crippen LogP contribution in [0.2, 0.25) is 0 Å². The molecule has 7 heteroatoms. The van der Waals surface area contributed by atoms with Gasteiger partial charge in [-0.25, -0.2) is 0 Å². The summed E-state index contributed by atoms with van der Waals surface area (Å²) in [5, 5.41) is 4.88. The molecule has 0 aromatic carbocycles. The van der Waals surface area contributed by atoms with Crippen LogP contribution in [0.1, 0.15) is 17.7 Å². The Morgan fingerprint density at radius 3 is 2.94 bits per heavy atom. The molecular weight excluding hydrogens is 340 g/mol. The fourth-order valence-corrected chi connectivity index (χ4v) is 3.24. The number of rotatable bonds is 4. The van der Waals surface area contributed by atoms with Gasteiger partial charge in [0.1, 0.15) is 6.10 Å². The minimum atomic E-state index is -0.331. The zero-order chi connectivity index (χ0) is 12.3. The van der Waals surface area contributed by atoms with Crippen LogP contribution in [0.15, 0.2) is 15.9 Å². The molecule has 0 aliphatic carbocycles. The van der Waals surface area contributed by atoms with E-state index in [-0.39, 0.29) is 30.5 Å². The smallest absolute Gasteiger partial charge is 0.249 e. The zero-order valence-corrected chi connectivity index (χ0v) is 12.9. The summed E-state index contributed by atoms with van der Waals surface area (Å²) < 4.78 is 6.56. The molecule has 1 fully saturated rings. The van der Waals surface area contributed by atoms with Crippen molar-refractivity contribution in [1.82, 2.24) is 5.32 Å². The molecule has 2 atom stereocenters. The minimum absolute atomic E-state index is 0. The van der Waals surface area contributed by atoms with Crippen molar-refractivity contribution < 1.29 is 9.53 Å². The molecule has 0 unspecified atom stereocenters. The molecule has 0 bridgehead atoms. The van der Waals surface area contributed by atoms with Crippen molar-refractivity contribution in [1.29, 1.82) is 0 Å². The van der Waals surface area contributed by atoms with Gasteiger partial charge < -0.3 is 15.8 Å². The summed E-state index contributed by atoms with van der Waals surface area (Å²) in [5.41, 5.74) is 5.51. The molecule has 0 spiro atoms. The molecule has 1 aliphatic rings. The number of nitrogens with two attached hydrogens (primary N) is 1. The lowest BCUT2D eigenvalue weighted by Gasteiger charge is -2.12. The minimum Gasteiger partial charge on any atom is -0.364 e. The quantitative estimate of drug-likeness (QED) is 0.869. The van der Waals surface area contributed by atoms with Gasteiger partial charge in [-0.1, -0.05) is 0 Å². The van der Waals surface area contributed by atoms with Crippen molar-refractivity contribution in [3.63, 3.8) is 0 Å². The van der Waals surface area contributed by atoms with Crippen LogP contribution in [-0.2, 0) is 16.1 Å². The fraction of sp³-hybridized carbons (Fsp3) is 0.545. The van der Waals surface area contributed by atoms with Gasteiger partial charge in [-0.3, -0.25) is 4.79 Å². The van der Waals surface area contributed by atoms with Crippen LogP contribution < -0.4 is 11.1 Å². The molecule has 2 heterocycles. The summed E-state index contributed by atoms with van der Waals surface area (Å²) in [7, 11) is 0. The highest BCUT2D eigenvalue weighted by molar-refractivity contribution is 9.10. The zero-order valence-electron chi connectivity index (χ0n) is 9.73. The average Bonchev–Trinajstić information content (AvgIpc) is 2.94. The van der Waals surface area contributed by atoms with E-state index in [0.29, 0.717) is 13.1 Å². The second-order valence-electron chi connectivity index (χ2n) is 3.97. The second-order valence-corrected chi connectivity index (χ2v) is 5.82. The first-order valence-corrected chi connectivity index (χ1v) is 7.23. The van der Waals surface area contributed by atoms with Gasteiger partial charge in [-0.05, 0) is 40.2 Å². The SMILES string of the molecule is Cl.NC[C@H]1CC[C@@H](C(=O)NCc2sccc2Br)O1. The van der Waals surface area contributed by atoms with Crippen molar-refractivity contribution in [2.45, 2.75) is 31.6 Å². The number of hydrogen-bond donors (Lipinski definition) is 2. The van der Waals surface area contributed by atoms with Gasteiger partial charge in [0.2, 0.25) is 5.91 Å². The van der Waals surface area contributed by atoms with Gasteiger partial charge in [0.15, 0.2) is 0 Å². The summed E-state index contributed by atoms with van der Waals surface area (Å²) in [6.45, 7) is 1.03. The van der Waals surface area contributed by atoms with E-state index < -0.39 is 0 Å². The van der Waals surface area contributed by atoms with Crippen LogP contribution in [-0.4, -0.2) is 24.7 Å². The van der Waals surface area contributed by atoms with E-state index in [1.165, 1.54) is 0 Å². The number of hydrogen-bond acceptors (Lipinski definition) is 4. The van der Waals surface area contributed by atoms with E-state index in [1.54, 1.807) is 11.3 Å². The first kappa shape index (κ1) is 15.9. The molecule has 102 valence electrons. The Bertz CT molecular complexity index is 402. The first-order chi connectivity index (χ1) is 8.20. The highest BCUT2D eigenvalue weighted by Crippen LogP contribution is 2.23. The van der Waals surface area contributed by atoms with Crippen molar-refractivity contribution >= 4 is 45.6 Å². The van der Waals surface area contributed by atoms with E-state index in [4.69, 9.17) is 10.5 Å². The third-order valence-electron chi connectivity index (χ3n) is 2.78. The molecule has 1 saturated heterocycles. The first-order valence-electron chi connectivity index (χ1n) is 5.56. The van der Waals surface area contributed by atoms with Gasteiger partial charge in [0.05, 0.1) is 12.6 Å². The lowest BCUT2D eigenvalue weighted by Crippen LogP contribution is -2.35. The third-order valence-corrected chi connectivity index (χ3v) is 4.70. The maximum atomic E-state index is 11.8. The lowest BCUT2D eigenvalue weighted by molar-refractivity contribution is -0.132. The summed E-state index contributed by atoms with van der Waals surface area (Å²) in [6, 6.07) is 1.97. The van der Waals surface area contributed by atoms with Crippen LogP contribution >= 0.6 is 39.7 Å². The summed E-state index contributed by atoms with van der Waals surface area (Å²) >= 11 is 5.05. The van der Waals surface area contributed by atoms with Crippen molar-refractivity contribution in [2.24, 2.45) is 5.73 Å². The maximum absolute atomic E-state index is 11.8. The Hall–Kier alpha value is -0.140. The molecule has 4 nitrogen and oxygen atoms in total. The Morgan fingerprint density at radius 1 is 1.61 bits per heavy atom. The Labute approximate surface area is 125 Å². The summed E-state index contributed by atoms with van der Waals surface area (Å²) in [5.74, 6) is -0.0405. The Balaban J connectivity index is 0.00000162. The molecule has 1 aliphatic heterocycles. The van der Waals surface area contributed by atoms with Crippen LogP contribution in [0.5, 0.6) is 0 Å². The topological polar surface area (TPSA) is 64.4 Å². The molecule has 0 saturated carbocycles. The predicted octanol–water partition coefficient (Wildman–Crippen LogP) is 2.05. The van der Waals surface area contributed by atoms with Gasteiger partial charge in [-0.2, -0.15) is 0 Å². The average molecular weight is 356 g/mol. The number of amides is 1. The van der Waals surface area contributed by atoms with Crippen LogP contribution in [0.4, 0.5) is 0 Å². The number of nitrogens with one attached hydrogen (secondary N) is 1. The largest absolute Gasteiger partial charge is 0.364 e. The molecule has 3 N–H and O–H groups in total. The number of thiophene rings is 1. The second kappa shape index (κ2) is 7.45. The van der Waals surface area contributed by atoms with E-state index in [2.05, 4.69) is 21.2 Å². The monoisotopic (exact) mass is 354 g/mol. The summed E-state index contributed by atoms with van der Waals surface area (Å²) in [4.78, 5) is 12.9. The van der Waals surface area contributed by atoms with E-state index in [1.807, 2.05) is 11.4 Å². The molecular formula is C11H16BrClN2O2S. The molecule has 18 heavy (non-hydrogen) atoms. The van der Waals surface area contributed by atoms with Crippen molar-refractivity contribution in [2.75, 3.05) is 6.54 Å². The predicted molar refractivity (Wildman–Crippen MR) is 78.1 cm³/mol. The molecule has 1 amide bonds. The molecule has 1 aromatic rings. The van der Waals surface area contributed by atoms with Gasteiger partial charge >= 0.3 is 0 Å². The lowest BCUT2D eigenvalue weighted by atomic mass is 10.2. The van der Waals surface area contributed by atoms with Crippen LogP contribution in [0, 0.1) is 0 Å². The van der Waals surface area contributed by atoms with Crippen molar-refractivity contribution in [3.05, 3.63) is 20.8 Å². The number of halogens is 2. The fourth-order valence-electron chi connectivity index (χ4n) is 1.80. The number of carbonyl (C=O) groups is 1. The van der Waals surface area contributed by atoms with E-state index in [0.717, 1.165) is 22.2 Å². The van der Waals surface area contributed by atoms with Gasteiger partial charge in [0.25, 0.3) is 0 Å². The van der Waals surface area contributed by atoms with Gasteiger partial charge in [0, 0.05) is 15.9 Å². The third kappa shape index (κ3) is 3.93. The van der Waals surface area contributed by atoms with E-state index >= 15 is 0 Å². The highest BCUT2D eigenvalue weighted by Gasteiger charge is 2.29. The molecule has 2 rings (SSSR count). The number of ether oxygens (including phenoxy) is 1. The normalized spacial score (nSPS) is 22.6. The maximum Gasteiger partial charge on any atom is 0.249 e.